The second-order valence-electron chi connectivity index (χ2n) is 2.44. The minimum atomic E-state index is -5.65. The van der Waals surface area contributed by atoms with Gasteiger partial charge in [-0.3, -0.25) is 4.74 Å². The van der Waals surface area contributed by atoms with Crippen LogP contribution >= 0.6 is 0 Å². The van der Waals surface area contributed by atoms with Crippen molar-refractivity contribution < 1.29 is 40.2 Å². The predicted octanol–water partition coefficient (Wildman–Crippen LogP) is 2.15. The molecule has 9 heteroatoms. The van der Waals surface area contributed by atoms with E-state index in [0.29, 0.717) is 0 Å². The van der Waals surface area contributed by atoms with E-state index in [-0.39, 0.29) is 0 Å². The van der Waals surface area contributed by atoms with Crippen LogP contribution in [0.4, 0.5) is 30.7 Å². The zero-order valence-electron chi connectivity index (χ0n) is 6.25. The molecule has 0 bridgehead atoms. The Labute approximate surface area is 72.6 Å². The van der Waals surface area contributed by atoms with E-state index in [2.05, 4.69) is 9.47 Å². The SMILES string of the molecule is FC(F)C(F)(F)C1(F)OCOC1(F)F. The average Bonchev–Trinajstić information content (AvgIpc) is 2.27. The van der Waals surface area contributed by atoms with Gasteiger partial charge in [-0.1, -0.05) is 0 Å². The summed E-state index contributed by atoms with van der Waals surface area (Å²) in [6.45, 7) is -1.52. The quantitative estimate of drug-likeness (QED) is 0.674. The molecule has 1 heterocycles. The van der Waals surface area contributed by atoms with Crippen molar-refractivity contribution in [1.82, 2.24) is 0 Å². The molecular formula is C5H3F7O2. The summed E-state index contributed by atoms with van der Waals surface area (Å²) in [6.07, 6.45) is -9.73. The fourth-order valence-electron chi connectivity index (χ4n) is 0.792. The molecule has 0 spiro atoms. The minimum Gasteiger partial charge on any atom is -0.307 e. The van der Waals surface area contributed by atoms with Crippen LogP contribution in [0.2, 0.25) is 0 Å². The molecule has 0 aliphatic carbocycles. The van der Waals surface area contributed by atoms with Gasteiger partial charge in [-0.25, -0.2) is 8.78 Å². The molecule has 0 amide bonds. The van der Waals surface area contributed by atoms with Gasteiger partial charge in [0.05, 0.1) is 0 Å². The third-order valence-electron chi connectivity index (χ3n) is 1.58. The molecule has 0 N–H and O–H groups in total. The van der Waals surface area contributed by atoms with E-state index in [4.69, 9.17) is 0 Å². The van der Waals surface area contributed by atoms with Crippen LogP contribution in [0.25, 0.3) is 0 Å². The van der Waals surface area contributed by atoms with Crippen LogP contribution in [0, 0.1) is 0 Å². The third-order valence-corrected chi connectivity index (χ3v) is 1.58. The van der Waals surface area contributed by atoms with Gasteiger partial charge in [0.15, 0.2) is 6.79 Å². The zero-order valence-corrected chi connectivity index (χ0v) is 6.25. The lowest BCUT2D eigenvalue weighted by atomic mass is 10.1. The molecule has 1 fully saturated rings. The highest BCUT2D eigenvalue weighted by Crippen LogP contribution is 2.51. The van der Waals surface area contributed by atoms with Crippen molar-refractivity contribution in [3.63, 3.8) is 0 Å². The number of rotatable bonds is 2. The van der Waals surface area contributed by atoms with Crippen LogP contribution < -0.4 is 0 Å². The van der Waals surface area contributed by atoms with Crippen LogP contribution in [-0.2, 0) is 9.47 Å². The van der Waals surface area contributed by atoms with E-state index in [1.165, 1.54) is 0 Å². The number of ether oxygens (including phenoxy) is 2. The van der Waals surface area contributed by atoms with Crippen molar-refractivity contribution in [1.29, 1.82) is 0 Å². The lowest BCUT2D eigenvalue weighted by Gasteiger charge is -2.29. The Bertz CT molecular complexity index is 230. The minimum absolute atomic E-state index is 1.52. The van der Waals surface area contributed by atoms with Gasteiger partial charge in [-0.15, -0.1) is 0 Å². The Morgan fingerprint density at radius 3 is 1.86 bits per heavy atom. The summed E-state index contributed by atoms with van der Waals surface area (Å²) >= 11 is 0. The Hall–Kier alpha value is -0.570. The fraction of sp³-hybridized carbons (Fsp3) is 1.00. The molecular weight excluding hydrogens is 225 g/mol. The highest BCUT2D eigenvalue weighted by atomic mass is 19.3. The summed E-state index contributed by atoms with van der Waals surface area (Å²) in [7, 11) is 0. The van der Waals surface area contributed by atoms with E-state index in [1.807, 2.05) is 0 Å². The maximum atomic E-state index is 12.8. The first-order valence-electron chi connectivity index (χ1n) is 3.16. The molecule has 1 saturated heterocycles. The third kappa shape index (κ3) is 1.26. The Balaban J connectivity index is 3.06. The topological polar surface area (TPSA) is 18.5 Å². The average molecular weight is 228 g/mol. The zero-order chi connectivity index (χ0) is 11.2. The molecule has 0 radical (unpaired) electrons. The molecule has 0 aromatic rings. The largest absolute Gasteiger partial charge is 0.423 e. The summed E-state index contributed by atoms with van der Waals surface area (Å²) in [4.78, 5) is 0. The second-order valence-corrected chi connectivity index (χ2v) is 2.44. The van der Waals surface area contributed by atoms with Crippen molar-refractivity contribution in [3.8, 4) is 0 Å². The number of alkyl halides is 7. The second kappa shape index (κ2) is 2.96. The Morgan fingerprint density at radius 2 is 1.57 bits per heavy atom. The molecule has 84 valence electrons. The number of halogens is 7. The summed E-state index contributed by atoms with van der Waals surface area (Å²) in [5.74, 6) is -10.8. The maximum Gasteiger partial charge on any atom is 0.423 e. The van der Waals surface area contributed by atoms with E-state index < -0.39 is 31.1 Å². The number of hydrogen-bond donors (Lipinski definition) is 0. The molecule has 0 saturated carbocycles. The molecule has 0 aromatic heterocycles. The summed E-state index contributed by atoms with van der Waals surface area (Å²) in [6, 6.07) is 0. The van der Waals surface area contributed by atoms with Crippen LogP contribution in [0.5, 0.6) is 0 Å². The molecule has 0 aromatic carbocycles. The molecule has 1 unspecified atom stereocenters. The molecule has 14 heavy (non-hydrogen) atoms. The maximum absolute atomic E-state index is 12.8. The van der Waals surface area contributed by atoms with Crippen LogP contribution in [0.15, 0.2) is 0 Å². The van der Waals surface area contributed by atoms with Gasteiger partial charge in [0.1, 0.15) is 0 Å². The molecule has 1 aliphatic heterocycles. The standard InChI is InChI=1S/C5H3F7O2/c6-2(7)3(8,9)4(10)5(11,12)14-1-13-4/h2H,1H2. The molecule has 1 atom stereocenters. The van der Waals surface area contributed by atoms with Gasteiger partial charge in [-0.2, -0.15) is 22.0 Å². The highest BCUT2D eigenvalue weighted by Gasteiger charge is 2.79. The van der Waals surface area contributed by atoms with E-state index in [0.717, 1.165) is 0 Å². The summed E-state index contributed by atoms with van der Waals surface area (Å²) in [5.41, 5.74) is 0. The first-order chi connectivity index (χ1) is 6.15. The summed E-state index contributed by atoms with van der Waals surface area (Å²) in [5, 5.41) is 0. The van der Waals surface area contributed by atoms with Gasteiger partial charge >= 0.3 is 24.3 Å². The lowest BCUT2D eigenvalue weighted by Crippen LogP contribution is -2.58. The van der Waals surface area contributed by atoms with Gasteiger partial charge in [0.2, 0.25) is 0 Å². The Morgan fingerprint density at radius 1 is 1.07 bits per heavy atom. The van der Waals surface area contributed by atoms with Crippen LogP contribution in [0.3, 0.4) is 0 Å². The van der Waals surface area contributed by atoms with Crippen molar-refractivity contribution in [3.05, 3.63) is 0 Å². The fourth-order valence-corrected chi connectivity index (χ4v) is 0.792. The summed E-state index contributed by atoms with van der Waals surface area (Å²) < 4.78 is 91.6. The smallest absolute Gasteiger partial charge is 0.307 e. The van der Waals surface area contributed by atoms with E-state index in [1.54, 1.807) is 0 Å². The first kappa shape index (κ1) is 11.5. The van der Waals surface area contributed by atoms with Gasteiger partial charge in [-0.05, 0) is 0 Å². The van der Waals surface area contributed by atoms with Crippen molar-refractivity contribution in [2.24, 2.45) is 0 Å². The molecule has 2 nitrogen and oxygen atoms in total. The predicted molar refractivity (Wildman–Crippen MR) is 26.8 cm³/mol. The van der Waals surface area contributed by atoms with Gasteiger partial charge in [0, 0.05) is 0 Å². The lowest BCUT2D eigenvalue weighted by molar-refractivity contribution is -0.379. The van der Waals surface area contributed by atoms with Crippen molar-refractivity contribution in [2.75, 3.05) is 6.79 Å². The van der Waals surface area contributed by atoms with Gasteiger partial charge in [0.25, 0.3) is 0 Å². The molecule has 1 rings (SSSR count). The van der Waals surface area contributed by atoms with Crippen molar-refractivity contribution in [2.45, 2.75) is 24.3 Å². The first-order valence-corrected chi connectivity index (χ1v) is 3.16. The molecule has 1 aliphatic rings. The van der Waals surface area contributed by atoms with E-state index >= 15 is 0 Å². The highest BCUT2D eigenvalue weighted by molar-refractivity contribution is 4.96. The van der Waals surface area contributed by atoms with Crippen LogP contribution in [-0.4, -0.2) is 31.1 Å². The number of hydrogen-bond acceptors (Lipinski definition) is 2. The van der Waals surface area contributed by atoms with Crippen LogP contribution in [0.1, 0.15) is 0 Å². The van der Waals surface area contributed by atoms with Gasteiger partial charge < -0.3 is 4.74 Å². The monoisotopic (exact) mass is 228 g/mol. The van der Waals surface area contributed by atoms with E-state index in [9.17, 15) is 30.7 Å². The van der Waals surface area contributed by atoms with Crippen molar-refractivity contribution >= 4 is 0 Å². The Kier molecular flexibility index (Phi) is 2.43. The normalized spacial score (nSPS) is 32.6.